The van der Waals surface area contributed by atoms with Crippen molar-refractivity contribution in [3.8, 4) is 0 Å². The summed E-state index contributed by atoms with van der Waals surface area (Å²) in [6, 6.07) is 0.572. The summed E-state index contributed by atoms with van der Waals surface area (Å²) in [5.41, 5.74) is 0. The van der Waals surface area contributed by atoms with E-state index in [1.807, 2.05) is 0 Å². The van der Waals surface area contributed by atoms with Gasteiger partial charge >= 0.3 is 0 Å². The highest BCUT2D eigenvalue weighted by molar-refractivity contribution is 5.84. The van der Waals surface area contributed by atoms with Crippen LogP contribution >= 0.6 is 0 Å². The predicted molar refractivity (Wildman–Crippen MR) is 78.8 cm³/mol. The summed E-state index contributed by atoms with van der Waals surface area (Å²) in [7, 11) is 0. The number of nitrogens with one attached hydrogen (secondary N) is 1. The van der Waals surface area contributed by atoms with Crippen molar-refractivity contribution in [2.45, 2.75) is 90.4 Å². The van der Waals surface area contributed by atoms with Crippen LogP contribution in [0.25, 0.3) is 0 Å². The minimum Gasteiger partial charge on any atom is -0.323 e. The molecule has 1 saturated heterocycles. The number of rotatable bonds is 5. The van der Waals surface area contributed by atoms with Gasteiger partial charge < -0.3 is 4.90 Å². The molecule has 3 nitrogen and oxygen atoms in total. The van der Waals surface area contributed by atoms with E-state index in [1.165, 1.54) is 38.5 Å². The highest BCUT2D eigenvalue weighted by Gasteiger charge is 2.40. The number of unbranched alkanes of at least 4 members (excludes halogenated alkanes) is 1. The first-order chi connectivity index (χ1) is 9.17. The highest BCUT2D eigenvalue weighted by atomic mass is 16.2. The van der Waals surface area contributed by atoms with E-state index >= 15 is 0 Å². The van der Waals surface area contributed by atoms with Crippen LogP contribution in [-0.4, -0.2) is 29.1 Å². The molecule has 2 unspecified atom stereocenters. The highest BCUT2D eigenvalue weighted by Crippen LogP contribution is 2.32. The van der Waals surface area contributed by atoms with E-state index in [0.717, 1.165) is 18.8 Å². The largest absolute Gasteiger partial charge is 0.323 e. The van der Waals surface area contributed by atoms with E-state index in [9.17, 15) is 4.79 Å². The Labute approximate surface area is 118 Å². The smallest absolute Gasteiger partial charge is 0.241 e. The number of carbonyl (C=O) groups excluding carboxylic acids is 1. The SMILES string of the molecule is CCCCC1NC(C)N(C2CCC(CC)CC2)C1=O. The second-order valence-corrected chi connectivity index (χ2v) is 6.37. The molecule has 1 amide bonds. The van der Waals surface area contributed by atoms with E-state index in [4.69, 9.17) is 0 Å². The normalized spacial score (nSPS) is 35.9. The topological polar surface area (TPSA) is 32.3 Å². The molecule has 2 aliphatic rings. The first-order valence-corrected chi connectivity index (χ1v) is 8.25. The standard InChI is InChI=1S/C16H30N2O/c1-4-6-7-15-16(19)18(12(3)17-15)14-10-8-13(5-2)9-11-14/h12-15,17H,4-11H2,1-3H3. The maximum Gasteiger partial charge on any atom is 0.241 e. The number of hydrogen-bond acceptors (Lipinski definition) is 2. The average molecular weight is 266 g/mol. The van der Waals surface area contributed by atoms with Crippen LogP contribution in [0.2, 0.25) is 0 Å². The molecule has 2 rings (SSSR count). The van der Waals surface area contributed by atoms with E-state index in [0.29, 0.717) is 11.9 Å². The third kappa shape index (κ3) is 3.31. The molecule has 1 aliphatic heterocycles. The van der Waals surface area contributed by atoms with E-state index in [-0.39, 0.29) is 12.2 Å². The maximum atomic E-state index is 12.5. The summed E-state index contributed by atoms with van der Waals surface area (Å²) in [6.07, 6.45) is 9.86. The summed E-state index contributed by atoms with van der Waals surface area (Å²) in [6.45, 7) is 6.62. The Bertz CT molecular complexity index is 297. The summed E-state index contributed by atoms with van der Waals surface area (Å²) >= 11 is 0. The van der Waals surface area contributed by atoms with Gasteiger partial charge in [0.05, 0.1) is 12.2 Å². The first kappa shape index (κ1) is 14.8. The van der Waals surface area contributed by atoms with Crippen LogP contribution in [0.4, 0.5) is 0 Å². The Balaban J connectivity index is 1.91. The lowest BCUT2D eigenvalue weighted by molar-refractivity contribution is -0.133. The van der Waals surface area contributed by atoms with Crippen molar-refractivity contribution in [3.05, 3.63) is 0 Å². The molecule has 0 aromatic heterocycles. The molecule has 0 aromatic carbocycles. The van der Waals surface area contributed by atoms with Gasteiger partial charge in [0.15, 0.2) is 0 Å². The monoisotopic (exact) mass is 266 g/mol. The fraction of sp³-hybridized carbons (Fsp3) is 0.938. The fourth-order valence-electron chi connectivity index (χ4n) is 3.76. The third-order valence-corrected chi connectivity index (χ3v) is 5.05. The molecule has 1 heterocycles. The zero-order valence-corrected chi connectivity index (χ0v) is 12.8. The molecule has 1 N–H and O–H groups in total. The van der Waals surface area contributed by atoms with Crippen LogP contribution in [0.3, 0.4) is 0 Å². The number of nitrogens with zero attached hydrogens (tertiary/aromatic N) is 1. The molecule has 1 aliphatic carbocycles. The van der Waals surface area contributed by atoms with Crippen LogP contribution < -0.4 is 5.32 Å². The third-order valence-electron chi connectivity index (χ3n) is 5.05. The molecular weight excluding hydrogens is 236 g/mol. The lowest BCUT2D eigenvalue weighted by atomic mass is 9.84. The molecule has 2 atom stereocenters. The van der Waals surface area contributed by atoms with Crippen LogP contribution in [-0.2, 0) is 4.79 Å². The van der Waals surface area contributed by atoms with E-state index in [1.54, 1.807) is 0 Å². The van der Waals surface area contributed by atoms with Crippen molar-refractivity contribution in [2.75, 3.05) is 0 Å². The number of carbonyl (C=O) groups is 1. The lowest BCUT2D eigenvalue weighted by Crippen LogP contribution is -2.44. The lowest BCUT2D eigenvalue weighted by Gasteiger charge is -2.36. The van der Waals surface area contributed by atoms with Gasteiger partial charge in [0, 0.05) is 6.04 Å². The van der Waals surface area contributed by atoms with Gasteiger partial charge in [-0.3, -0.25) is 10.1 Å². The molecule has 0 radical (unpaired) electrons. The van der Waals surface area contributed by atoms with Gasteiger partial charge in [0.2, 0.25) is 5.91 Å². The van der Waals surface area contributed by atoms with Crippen LogP contribution in [0.5, 0.6) is 0 Å². The molecule has 2 fully saturated rings. The second-order valence-electron chi connectivity index (χ2n) is 6.37. The maximum absolute atomic E-state index is 12.5. The van der Waals surface area contributed by atoms with Crippen LogP contribution in [0, 0.1) is 5.92 Å². The molecule has 1 saturated carbocycles. The summed E-state index contributed by atoms with van der Waals surface area (Å²) in [5, 5.41) is 3.49. The summed E-state index contributed by atoms with van der Waals surface area (Å²) in [4.78, 5) is 14.7. The predicted octanol–water partition coefficient (Wildman–Crippen LogP) is 3.29. The minimum atomic E-state index is 0.0823. The zero-order chi connectivity index (χ0) is 13.8. The van der Waals surface area contributed by atoms with Gasteiger partial charge in [0.1, 0.15) is 0 Å². The first-order valence-electron chi connectivity index (χ1n) is 8.25. The van der Waals surface area contributed by atoms with Gasteiger partial charge in [-0.25, -0.2) is 0 Å². The van der Waals surface area contributed by atoms with Crippen LogP contribution in [0.1, 0.15) is 72.1 Å². The Morgan fingerprint density at radius 1 is 1.21 bits per heavy atom. The second kappa shape index (κ2) is 6.74. The minimum absolute atomic E-state index is 0.0823. The van der Waals surface area contributed by atoms with Gasteiger partial charge in [0.25, 0.3) is 0 Å². The Hall–Kier alpha value is -0.570. The van der Waals surface area contributed by atoms with E-state index in [2.05, 4.69) is 31.0 Å². The van der Waals surface area contributed by atoms with Crippen LogP contribution in [0.15, 0.2) is 0 Å². The average Bonchev–Trinajstić information content (AvgIpc) is 2.71. The van der Waals surface area contributed by atoms with Gasteiger partial charge in [-0.2, -0.15) is 0 Å². The van der Waals surface area contributed by atoms with Gasteiger partial charge in [-0.05, 0) is 44.9 Å². The van der Waals surface area contributed by atoms with Crippen molar-refractivity contribution in [1.82, 2.24) is 10.2 Å². The molecule has 0 bridgehead atoms. The Morgan fingerprint density at radius 3 is 2.47 bits per heavy atom. The zero-order valence-electron chi connectivity index (χ0n) is 12.8. The number of hydrogen-bond donors (Lipinski definition) is 1. The van der Waals surface area contributed by atoms with Crippen molar-refractivity contribution < 1.29 is 4.79 Å². The van der Waals surface area contributed by atoms with Gasteiger partial charge in [-0.15, -0.1) is 0 Å². The molecule has 110 valence electrons. The fourth-order valence-corrected chi connectivity index (χ4v) is 3.76. The van der Waals surface area contributed by atoms with Crippen molar-refractivity contribution in [1.29, 1.82) is 0 Å². The molecular formula is C16H30N2O. The summed E-state index contributed by atoms with van der Waals surface area (Å²) < 4.78 is 0. The Morgan fingerprint density at radius 2 is 1.89 bits per heavy atom. The molecule has 19 heavy (non-hydrogen) atoms. The number of amides is 1. The van der Waals surface area contributed by atoms with Crippen molar-refractivity contribution in [3.63, 3.8) is 0 Å². The molecule has 3 heteroatoms. The Kier molecular flexibility index (Phi) is 5.26. The van der Waals surface area contributed by atoms with E-state index < -0.39 is 0 Å². The van der Waals surface area contributed by atoms with Gasteiger partial charge in [-0.1, -0.05) is 33.1 Å². The summed E-state index contributed by atoms with van der Waals surface area (Å²) in [5.74, 6) is 1.26. The molecule has 0 aromatic rings. The van der Waals surface area contributed by atoms with Crippen molar-refractivity contribution in [2.24, 2.45) is 5.92 Å². The van der Waals surface area contributed by atoms with Crippen molar-refractivity contribution >= 4 is 5.91 Å². The molecule has 0 spiro atoms. The quantitative estimate of drug-likeness (QED) is 0.828.